The van der Waals surface area contributed by atoms with Crippen LogP contribution < -0.4 is 10.1 Å². The number of rotatable bonds is 7. The Balaban J connectivity index is 1.56. The molecule has 0 spiro atoms. The molecule has 1 aliphatic carbocycles. The van der Waals surface area contributed by atoms with E-state index in [0.29, 0.717) is 5.92 Å². The van der Waals surface area contributed by atoms with Gasteiger partial charge < -0.3 is 9.53 Å². The van der Waals surface area contributed by atoms with Crippen LogP contribution in [0.1, 0.15) is 57.4 Å². The molecule has 1 saturated heterocycles. The summed E-state index contributed by atoms with van der Waals surface area (Å²) in [5.41, 5.74) is 1.05. The molecule has 1 N–H and O–H groups in total. The summed E-state index contributed by atoms with van der Waals surface area (Å²) in [5.74, 6) is 1.53. The molecule has 3 unspecified atom stereocenters. The number of carbonyl (C=O) groups is 1. The van der Waals surface area contributed by atoms with Crippen LogP contribution in [-0.4, -0.2) is 18.1 Å². The number of carbonyl (C=O) groups excluding carboxylic acids is 1. The summed E-state index contributed by atoms with van der Waals surface area (Å²) >= 11 is 0. The first-order valence-corrected chi connectivity index (χ1v) is 8.73. The fraction of sp³-hybridized carbons (Fsp3) is 0.632. The molecule has 1 heterocycles. The smallest absolute Gasteiger partial charge is 0.151 e. The Morgan fingerprint density at radius 2 is 2.14 bits per heavy atom. The van der Waals surface area contributed by atoms with Crippen molar-refractivity contribution in [2.75, 3.05) is 0 Å². The highest BCUT2D eigenvalue weighted by Gasteiger charge is 2.45. The lowest BCUT2D eigenvalue weighted by Gasteiger charge is -2.35. The van der Waals surface area contributed by atoms with Gasteiger partial charge in [0.1, 0.15) is 12.0 Å². The zero-order chi connectivity index (χ0) is 15.4. The minimum absolute atomic E-state index is 0.0302. The van der Waals surface area contributed by atoms with Gasteiger partial charge in [-0.05, 0) is 55.7 Å². The fourth-order valence-electron chi connectivity index (χ4n) is 3.89. The standard InChI is InChI=1S/C19H27NO2/c1-2-3-4-5-15-6-8-17(9-7-15)22-18-12-16-10-11-19(13-16,14-21)20-18/h6-9,14,16,18,20H,2-5,10-13H2,1H3. The molecule has 3 nitrogen and oxygen atoms in total. The Morgan fingerprint density at radius 1 is 1.32 bits per heavy atom. The zero-order valence-electron chi connectivity index (χ0n) is 13.5. The summed E-state index contributed by atoms with van der Waals surface area (Å²) in [7, 11) is 0. The number of hydrogen-bond donors (Lipinski definition) is 1. The van der Waals surface area contributed by atoms with E-state index in [2.05, 4.69) is 36.5 Å². The van der Waals surface area contributed by atoms with E-state index < -0.39 is 0 Å². The Bertz CT molecular complexity index is 499. The lowest BCUT2D eigenvalue weighted by molar-refractivity contribution is -0.115. The molecule has 2 aliphatic rings. The molecule has 0 amide bonds. The first-order valence-electron chi connectivity index (χ1n) is 8.73. The first kappa shape index (κ1) is 15.5. The SMILES string of the molecule is CCCCCc1ccc(OC2CC3CCC(C=O)(C3)N2)cc1. The van der Waals surface area contributed by atoms with E-state index in [4.69, 9.17) is 4.74 Å². The monoisotopic (exact) mass is 301 g/mol. The van der Waals surface area contributed by atoms with Crippen LogP contribution in [0.3, 0.4) is 0 Å². The molecule has 1 aromatic carbocycles. The number of aldehydes is 1. The third kappa shape index (κ3) is 3.52. The number of nitrogens with one attached hydrogen (secondary N) is 1. The maximum Gasteiger partial charge on any atom is 0.151 e. The van der Waals surface area contributed by atoms with E-state index in [-0.39, 0.29) is 11.8 Å². The number of hydrogen-bond acceptors (Lipinski definition) is 3. The molecular formula is C19H27NO2. The van der Waals surface area contributed by atoms with Gasteiger partial charge in [-0.15, -0.1) is 0 Å². The molecular weight excluding hydrogens is 274 g/mol. The van der Waals surface area contributed by atoms with Crippen LogP contribution in [0, 0.1) is 5.92 Å². The summed E-state index contributed by atoms with van der Waals surface area (Å²) in [6.45, 7) is 2.23. The molecule has 3 rings (SSSR count). The predicted molar refractivity (Wildman–Crippen MR) is 88.0 cm³/mol. The molecule has 2 bridgehead atoms. The van der Waals surface area contributed by atoms with Gasteiger partial charge in [-0.25, -0.2) is 0 Å². The quantitative estimate of drug-likeness (QED) is 0.614. The molecule has 22 heavy (non-hydrogen) atoms. The zero-order valence-corrected chi connectivity index (χ0v) is 13.5. The van der Waals surface area contributed by atoms with Crippen molar-refractivity contribution in [2.24, 2.45) is 5.92 Å². The second-order valence-electron chi connectivity index (χ2n) is 6.97. The second kappa shape index (κ2) is 6.82. The Hall–Kier alpha value is -1.35. The highest BCUT2D eigenvalue weighted by Crippen LogP contribution is 2.40. The summed E-state index contributed by atoms with van der Waals surface area (Å²) in [4.78, 5) is 11.4. The van der Waals surface area contributed by atoms with Crippen molar-refractivity contribution >= 4 is 6.29 Å². The van der Waals surface area contributed by atoms with Gasteiger partial charge in [0.2, 0.25) is 0 Å². The average Bonchev–Trinajstić information content (AvgIpc) is 2.85. The third-order valence-electron chi connectivity index (χ3n) is 5.14. The molecule has 3 atom stereocenters. The number of piperidine rings is 1. The van der Waals surface area contributed by atoms with Crippen molar-refractivity contribution < 1.29 is 9.53 Å². The van der Waals surface area contributed by atoms with E-state index in [1.807, 2.05) is 0 Å². The van der Waals surface area contributed by atoms with Crippen LogP contribution in [0.15, 0.2) is 24.3 Å². The van der Waals surface area contributed by atoms with E-state index in [1.54, 1.807) is 0 Å². The molecule has 1 aromatic rings. The number of ether oxygens (including phenoxy) is 1. The van der Waals surface area contributed by atoms with Crippen molar-refractivity contribution in [3.05, 3.63) is 29.8 Å². The Morgan fingerprint density at radius 3 is 2.86 bits per heavy atom. The molecule has 2 fully saturated rings. The maximum absolute atomic E-state index is 11.4. The second-order valence-corrected chi connectivity index (χ2v) is 6.97. The van der Waals surface area contributed by atoms with Gasteiger partial charge in [-0.3, -0.25) is 5.32 Å². The lowest BCUT2D eigenvalue weighted by atomic mass is 9.91. The van der Waals surface area contributed by atoms with Gasteiger partial charge in [0, 0.05) is 6.42 Å². The Labute approximate surface area is 133 Å². The van der Waals surface area contributed by atoms with Crippen molar-refractivity contribution in [1.82, 2.24) is 5.32 Å². The normalized spacial score (nSPS) is 30.2. The van der Waals surface area contributed by atoms with Crippen molar-refractivity contribution in [3.63, 3.8) is 0 Å². The van der Waals surface area contributed by atoms with Gasteiger partial charge >= 0.3 is 0 Å². The number of aryl methyl sites for hydroxylation is 1. The third-order valence-corrected chi connectivity index (χ3v) is 5.14. The Kier molecular flexibility index (Phi) is 4.82. The van der Waals surface area contributed by atoms with Gasteiger partial charge in [-0.1, -0.05) is 31.9 Å². The highest BCUT2D eigenvalue weighted by molar-refractivity contribution is 5.65. The van der Waals surface area contributed by atoms with Crippen LogP contribution in [0.5, 0.6) is 5.75 Å². The first-order chi connectivity index (χ1) is 10.7. The summed E-state index contributed by atoms with van der Waals surface area (Å²) < 4.78 is 6.07. The van der Waals surface area contributed by atoms with E-state index in [0.717, 1.165) is 44.1 Å². The summed E-state index contributed by atoms with van der Waals surface area (Å²) in [5, 5.41) is 3.42. The van der Waals surface area contributed by atoms with Crippen LogP contribution in [0.25, 0.3) is 0 Å². The number of unbranched alkanes of at least 4 members (excludes halogenated alkanes) is 2. The topological polar surface area (TPSA) is 38.3 Å². The summed E-state index contributed by atoms with van der Waals surface area (Å²) in [6, 6.07) is 8.45. The molecule has 0 radical (unpaired) electrons. The van der Waals surface area contributed by atoms with Gasteiger partial charge in [0.05, 0.1) is 5.54 Å². The van der Waals surface area contributed by atoms with Crippen LogP contribution >= 0.6 is 0 Å². The number of benzene rings is 1. The fourth-order valence-corrected chi connectivity index (χ4v) is 3.89. The van der Waals surface area contributed by atoms with Crippen molar-refractivity contribution in [2.45, 2.75) is 70.1 Å². The number of fused-ring (bicyclic) bond motifs is 2. The molecule has 3 heteroatoms. The van der Waals surface area contributed by atoms with Crippen molar-refractivity contribution in [1.29, 1.82) is 0 Å². The molecule has 120 valence electrons. The van der Waals surface area contributed by atoms with E-state index in [9.17, 15) is 4.79 Å². The molecule has 1 saturated carbocycles. The highest BCUT2D eigenvalue weighted by atomic mass is 16.5. The largest absolute Gasteiger partial charge is 0.475 e. The van der Waals surface area contributed by atoms with E-state index in [1.165, 1.54) is 24.8 Å². The lowest BCUT2D eigenvalue weighted by Crippen LogP contribution is -2.55. The average molecular weight is 301 g/mol. The van der Waals surface area contributed by atoms with Gasteiger partial charge in [0.15, 0.2) is 6.23 Å². The van der Waals surface area contributed by atoms with Gasteiger partial charge in [0.25, 0.3) is 0 Å². The van der Waals surface area contributed by atoms with Crippen molar-refractivity contribution in [3.8, 4) is 5.75 Å². The van der Waals surface area contributed by atoms with Crippen LogP contribution in [0.4, 0.5) is 0 Å². The van der Waals surface area contributed by atoms with Gasteiger partial charge in [-0.2, -0.15) is 0 Å². The van der Waals surface area contributed by atoms with E-state index >= 15 is 0 Å². The minimum Gasteiger partial charge on any atom is -0.475 e. The predicted octanol–water partition coefficient (Wildman–Crippen LogP) is 3.86. The van der Waals surface area contributed by atoms with Crippen LogP contribution in [0.2, 0.25) is 0 Å². The summed E-state index contributed by atoms with van der Waals surface area (Å²) in [6.07, 6.45) is 10.1. The maximum atomic E-state index is 11.4. The minimum atomic E-state index is -0.326. The van der Waals surface area contributed by atoms with Crippen LogP contribution in [-0.2, 0) is 11.2 Å². The molecule has 1 aliphatic heterocycles. The molecule has 0 aromatic heterocycles.